The molecule has 1 unspecified atom stereocenters. The molecule has 1 atom stereocenters. The summed E-state index contributed by atoms with van der Waals surface area (Å²) >= 11 is 0. The van der Waals surface area contributed by atoms with Crippen LogP contribution >= 0.6 is 0 Å². The zero-order valence-electron chi connectivity index (χ0n) is 15.0. The Morgan fingerprint density at radius 2 is 2.08 bits per heavy atom. The number of carbonyl (C=O) groups excluding carboxylic acids is 1. The van der Waals surface area contributed by atoms with E-state index < -0.39 is 0 Å². The van der Waals surface area contributed by atoms with Gasteiger partial charge in [-0.15, -0.1) is 0 Å². The van der Waals surface area contributed by atoms with Gasteiger partial charge in [-0.2, -0.15) is 0 Å². The van der Waals surface area contributed by atoms with E-state index >= 15 is 0 Å². The SMILES string of the molecule is COCCCN1CCCC2(CCN(c3ncnc(C)c3C)C2)C1=O. The standard InChI is InChI=1S/C18H28N4O2/c1-14-15(2)19-13-20-16(14)22-10-7-18(12-22)6-4-8-21(17(18)23)9-5-11-24-3/h13H,4-12H2,1-3H3. The van der Waals surface area contributed by atoms with E-state index in [9.17, 15) is 4.79 Å². The summed E-state index contributed by atoms with van der Waals surface area (Å²) in [6, 6.07) is 0. The van der Waals surface area contributed by atoms with Gasteiger partial charge in [0.25, 0.3) is 0 Å². The number of aromatic nitrogens is 2. The average molecular weight is 332 g/mol. The van der Waals surface area contributed by atoms with Crippen molar-refractivity contribution in [3.63, 3.8) is 0 Å². The van der Waals surface area contributed by atoms with Gasteiger partial charge in [-0.25, -0.2) is 9.97 Å². The minimum Gasteiger partial charge on any atom is -0.385 e. The molecule has 2 aliphatic heterocycles. The van der Waals surface area contributed by atoms with Crippen LogP contribution < -0.4 is 4.90 Å². The Morgan fingerprint density at radius 3 is 2.88 bits per heavy atom. The van der Waals surface area contributed by atoms with Crippen molar-refractivity contribution in [2.45, 2.75) is 39.5 Å². The molecule has 2 fully saturated rings. The lowest BCUT2D eigenvalue weighted by atomic mass is 9.78. The van der Waals surface area contributed by atoms with Crippen LogP contribution in [-0.2, 0) is 9.53 Å². The molecule has 6 nitrogen and oxygen atoms in total. The molecule has 1 aromatic rings. The molecule has 0 aliphatic carbocycles. The smallest absolute Gasteiger partial charge is 0.230 e. The monoisotopic (exact) mass is 332 g/mol. The van der Waals surface area contributed by atoms with Gasteiger partial charge in [-0.3, -0.25) is 4.79 Å². The second-order valence-corrected chi connectivity index (χ2v) is 7.10. The number of likely N-dealkylation sites (tertiary alicyclic amines) is 1. The van der Waals surface area contributed by atoms with Crippen molar-refractivity contribution >= 4 is 11.7 Å². The highest BCUT2D eigenvalue weighted by atomic mass is 16.5. The maximum atomic E-state index is 13.1. The molecule has 3 heterocycles. The lowest BCUT2D eigenvalue weighted by Crippen LogP contribution is -2.50. The third-order valence-electron chi connectivity index (χ3n) is 5.56. The highest BCUT2D eigenvalue weighted by Gasteiger charge is 2.48. The Kier molecular flexibility index (Phi) is 5.04. The number of anilines is 1. The van der Waals surface area contributed by atoms with E-state index in [-0.39, 0.29) is 5.41 Å². The summed E-state index contributed by atoms with van der Waals surface area (Å²) in [5, 5.41) is 0. The molecular formula is C18H28N4O2. The van der Waals surface area contributed by atoms with Crippen LogP contribution in [-0.4, -0.2) is 60.7 Å². The van der Waals surface area contributed by atoms with E-state index in [1.54, 1.807) is 13.4 Å². The Hall–Kier alpha value is -1.69. The predicted molar refractivity (Wildman–Crippen MR) is 93.1 cm³/mol. The van der Waals surface area contributed by atoms with Crippen molar-refractivity contribution in [2.24, 2.45) is 5.41 Å². The van der Waals surface area contributed by atoms with Crippen LogP contribution in [0.1, 0.15) is 36.9 Å². The molecule has 2 saturated heterocycles. The fourth-order valence-electron chi connectivity index (χ4n) is 4.04. The Balaban J connectivity index is 1.72. The van der Waals surface area contributed by atoms with E-state index in [4.69, 9.17) is 4.74 Å². The minimum absolute atomic E-state index is 0.226. The molecule has 1 aromatic heterocycles. The first kappa shape index (κ1) is 17.1. The second-order valence-electron chi connectivity index (χ2n) is 7.10. The molecule has 0 bridgehead atoms. The van der Waals surface area contributed by atoms with Crippen LogP contribution in [0.4, 0.5) is 5.82 Å². The van der Waals surface area contributed by atoms with Crippen LogP contribution in [0.3, 0.4) is 0 Å². The van der Waals surface area contributed by atoms with Crippen LogP contribution in [0.5, 0.6) is 0 Å². The van der Waals surface area contributed by atoms with Crippen molar-refractivity contribution in [3.05, 3.63) is 17.6 Å². The summed E-state index contributed by atoms with van der Waals surface area (Å²) < 4.78 is 5.12. The fraction of sp³-hybridized carbons (Fsp3) is 0.722. The molecule has 6 heteroatoms. The molecule has 24 heavy (non-hydrogen) atoms. The van der Waals surface area contributed by atoms with E-state index in [2.05, 4.69) is 21.8 Å². The van der Waals surface area contributed by atoms with Gasteiger partial charge in [0.05, 0.1) is 5.41 Å². The van der Waals surface area contributed by atoms with Crippen LogP contribution in [0.15, 0.2) is 6.33 Å². The van der Waals surface area contributed by atoms with Gasteiger partial charge in [0.15, 0.2) is 0 Å². The topological polar surface area (TPSA) is 58.6 Å². The van der Waals surface area contributed by atoms with Crippen LogP contribution in [0, 0.1) is 19.3 Å². The van der Waals surface area contributed by atoms with Gasteiger partial charge in [-0.1, -0.05) is 0 Å². The largest absolute Gasteiger partial charge is 0.385 e. The normalized spacial score (nSPS) is 24.2. The van der Waals surface area contributed by atoms with Crippen molar-refractivity contribution < 1.29 is 9.53 Å². The lowest BCUT2D eigenvalue weighted by molar-refractivity contribution is -0.145. The zero-order valence-corrected chi connectivity index (χ0v) is 15.0. The number of nitrogens with zero attached hydrogens (tertiary/aromatic N) is 4. The maximum Gasteiger partial charge on any atom is 0.230 e. The molecule has 3 rings (SSSR count). The zero-order chi connectivity index (χ0) is 17.2. The summed E-state index contributed by atoms with van der Waals surface area (Å²) in [5.41, 5.74) is 1.91. The lowest BCUT2D eigenvalue weighted by Gasteiger charge is -2.39. The highest BCUT2D eigenvalue weighted by molar-refractivity contribution is 5.85. The fourth-order valence-corrected chi connectivity index (χ4v) is 4.04. The molecule has 1 amide bonds. The summed E-state index contributed by atoms with van der Waals surface area (Å²) in [6.45, 7) is 8.15. The number of rotatable bonds is 5. The summed E-state index contributed by atoms with van der Waals surface area (Å²) in [6.07, 6.45) is 5.55. The summed E-state index contributed by atoms with van der Waals surface area (Å²) in [5.74, 6) is 1.32. The molecular weight excluding hydrogens is 304 g/mol. The number of aryl methyl sites for hydroxylation is 1. The highest BCUT2D eigenvalue weighted by Crippen LogP contribution is 2.41. The third kappa shape index (κ3) is 3.11. The molecule has 0 aromatic carbocycles. The van der Waals surface area contributed by atoms with Crippen LogP contribution in [0.25, 0.3) is 0 Å². The number of ether oxygens (including phenoxy) is 1. The van der Waals surface area contributed by atoms with Gasteiger partial charge in [0.1, 0.15) is 12.1 Å². The molecule has 2 aliphatic rings. The quantitative estimate of drug-likeness (QED) is 0.771. The molecule has 0 radical (unpaired) electrons. The Labute approximate surface area is 144 Å². The molecule has 0 saturated carbocycles. The summed E-state index contributed by atoms with van der Waals surface area (Å²) in [4.78, 5) is 26.2. The maximum absolute atomic E-state index is 13.1. The van der Waals surface area contributed by atoms with E-state index in [1.807, 2.05) is 11.8 Å². The van der Waals surface area contributed by atoms with Gasteiger partial charge < -0.3 is 14.5 Å². The molecule has 1 spiro atoms. The van der Waals surface area contributed by atoms with Gasteiger partial charge in [-0.05, 0) is 39.5 Å². The number of hydrogen-bond donors (Lipinski definition) is 0. The van der Waals surface area contributed by atoms with Gasteiger partial charge >= 0.3 is 0 Å². The predicted octanol–water partition coefficient (Wildman–Crippen LogP) is 1.95. The number of amides is 1. The first-order chi connectivity index (χ1) is 11.6. The van der Waals surface area contributed by atoms with Crippen molar-refractivity contribution in [1.82, 2.24) is 14.9 Å². The van der Waals surface area contributed by atoms with Crippen molar-refractivity contribution in [2.75, 3.05) is 44.8 Å². The van der Waals surface area contributed by atoms with Crippen LogP contribution in [0.2, 0.25) is 0 Å². The minimum atomic E-state index is -0.226. The van der Waals surface area contributed by atoms with E-state index in [1.165, 1.54) is 0 Å². The van der Waals surface area contributed by atoms with Crippen molar-refractivity contribution in [1.29, 1.82) is 0 Å². The van der Waals surface area contributed by atoms with E-state index in [0.29, 0.717) is 12.5 Å². The third-order valence-corrected chi connectivity index (χ3v) is 5.56. The van der Waals surface area contributed by atoms with Gasteiger partial charge in [0.2, 0.25) is 5.91 Å². The second kappa shape index (κ2) is 7.05. The summed E-state index contributed by atoms with van der Waals surface area (Å²) in [7, 11) is 1.71. The first-order valence-electron chi connectivity index (χ1n) is 8.89. The number of methoxy groups -OCH3 is 1. The number of piperidine rings is 1. The first-order valence-corrected chi connectivity index (χ1v) is 8.89. The number of carbonyl (C=O) groups is 1. The van der Waals surface area contributed by atoms with Crippen molar-refractivity contribution in [3.8, 4) is 0 Å². The molecule has 0 N–H and O–H groups in total. The van der Waals surface area contributed by atoms with E-state index in [0.717, 1.165) is 68.9 Å². The number of hydrogen-bond acceptors (Lipinski definition) is 5. The average Bonchev–Trinajstić information content (AvgIpc) is 2.99. The Morgan fingerprint density at radius 1 is 1.25 bits per heavy atom. The Bertz CT molecular complexity index is 607. The van der Waals surface area contributed by atoms with Gasteiger partial charge in [0, 0.05) is 51.2 Å². The molecule has 132 valence electrons.